The van der Waals surface area contributed by atoms with Gasteiger partial charge in [0.1, 0.15) is 0 Å². The van der Waals surface area contributed by atoms with Gasteiger partial charge in [-0.15, -0.1) is 0 Å². The van der Waals surface area contributed by atoms with Gasteiger partial charge < -0.3 is 10.6 Å². The van der Waals surface area contributed by atoms with Crippen LogP contribution in [0.3, 0.4) is 0 Å². The first-order valence-corrected chi connectivity index (χ1v) is 8.24. The molecular formula is C19H15BrN2O2. The van der Waals surface area contributed by atoms with Crippen LogP contribution in [0.1, 0.15) is 10.4 Å². The van der Waals surface area contributed by atoms with Crippen molar-refractivity contribution in [2.24, 2.45) is 0 Å². The summed E-state index contributed by atoms with van der Waals surface area (Å²) in [7, 11) is 0. The average Bonchev–Trinajstić information content (AvgIpc) is 2.60. The average molecular weight is 383 g/mol. The Hall–Kier alpha value is -2.66. The molecule has 3 rings (SSSR count). The van der Waals surface area contributed by atoms with E-state index >= 15 is 0 Å². The first kappa shape index (κ1) is 16.2. The van der Waals surface area contributed by atoms with E-state index in [1.54, 1.807) is 18.2 Å². The topological polar surface area (TPSA) is 58.2 Å². The third-order valence-electron chi connectivity index (χ3n) is 3.56. The van der Waals surface area contributed by atoms with Gasteiger partial charge in [-0.05, 0) is 29.7 Å². The highest BCUT2D eigenvalue weighted by atomic mass is 79.9. The molecule has 0 saturated carbocycles. The molecular weight excluding hydrogens is 368 g/mol. The smallest absolute Gasteiger partial charge is 0.251 e. The van der Waals surface area contributed by atoms with Crippen molar-refractivity contribution < 1.29 is 9.59 Å². The Balaban J connectivity index is 1.64. The number of carbonyl (C=O) groups is 2. The number of hydrogen-bond acceptors (Lipinski definition) is 2. The minimum atomic E-state index is -0.288. The molecule has 0 aliphatic carbocycles. The van der Waals surface area contributed by atoms with Crippen LogP contribution in [0, 0.1) is 0 Å². The van der Waals surface area contributed by atoms with Gasteiger partial charge in [0.15, 0.2) is 0 Å². The van der Waals surface area contributed by atoms with Crippen LogP contribution in [0.25, 0.3) is 10.8 Å². The minimum Gasteiger partial charge on any atom is -0.343 e. The molecule has 2 N–H and O–H groups in total. The zero-order chi connectivity index (χ0) is 16.9. The lowest BCUT2D eigenvalue weighted by molar-refractivity contribution is -0.115. The van der Waals surface area contributed by atoms with Crippen LogP contribution in [0.15, 0.2) is 71.2 Å². The van der Waals surface area contributed by atoms with Gasteiger partial charge in [-0.2, -0.15) is 0 Å². The summed E-state index contributed by atoms with van der Waals surface area (Å²) >= 11 is 3.32. The summed E-state index contributed by atoms with van der Waals surface area (Å²) in [4.78, 5) is 24.2. The van der Waals surface area contributed by atoms with Crippen LogP contribution in [0.2, 0.25) is 0 Å². The minimum absolute atomic E-state index is 0.0887. The van der Waals surface area contributed by atoms with Crippen molar-refractivity contribution in [3.63, 3.8) is 0 Å². The predicted molar refractivity (Wildman–Crippen MR) is 99.1 cm³/mol. The van der Waals surface area contributed by atoms with Crippen molar-refractivity contribution in [1.29, 1.82) is 0 Å². The van der Waals surface area contributed by atoms with E-state index < -0.39 is 0 Å². The molecule has 5 heteroatoms. The molecule has 0 bridgehead atoms. The number of amides is 2. The number of fused-ring (bicyclic) bond motifs is 1. The Labute approximate surface area is 148 Å². The number of nitrogens with one attached hydrogen (secondary N) is 2. The molecule has 4 nitrogen and oxygen atoms in total. The highest BCUT2D eigenvalue weighted by molar-refractivity contribution is 9.10. The largest absolute Gasteiger partial charge is 0.343 e. The van der Waals surface area contributed by atoms with E-state index in [2.05, 4.69) is 26.6 Å². The van der Waals surface area contributed by atoms with Gasteiger partial charge in [-0.3, -0.25) is 9.59 Å². The van der Waals surface area contributed by atoms with Crippen LogP contribution in [-0.4, -0.2) is 18.4 Å². The number of anilines is 1. The summed E-state index contributed by atoms with van der Waals surface area (Å²) in [5.74, 6) is -0.556. The molecule has 0 heterocycles. The van der Waals surface area contributed by atoms with Crippen molar-refractivity contribution in [3.8, 4) is 0 Å². The van der Waals surface area contributed by atoms with E-state index in [1.165, 1.54) is 0 Å². The summed E-state index contributed by atoms with van der Waals surface area (Å²) in [6, 6.07) is 20.5. The van der Waals surface area contributed by atoms with E-state index in [4.69, 9.17) is 0 Å². The van der Waals surface area contributed by atoms with Crippen molar-refractivity contribution in [2.75, 3.05) is 11.9 Å². The quantitative estimate of drug-likeness (QED) is 0.716. The zero-order valence-corrected chi connectivity index (χ0v) is 14.3. The fraction of sp³-hybridized carbons (Fsp3) is 0.0526. The van der Waals surface area contributed by atoms with Gasteiger partial charge in [0, 0.05) is 21.1 Å². The molecule has 0 aliphatic rings. The standard InChI is InChI=1S/C19H15BrN2O2/c20-15-8-3-7-14(11-15)19(24)21-12-18(23)22-17-10-4-6-13-5-1-2-9-16(13)17/h1-11H,12H2,(H,21,24)(H,22,23). The summed E-state index contributed by atoms with van der Waals surface area (Å²) in [6.07, 6.45) is 0. The molecule has 0 aliphatic heterocycles. The molecule has 0 saturated heterocycles. The SMILES string of the molecule is O=C(CNC(=O)c1cccc(Br)c1)Nc1cccc2ccccc12. The fourth-order valence-corrected chi connectivity index (χ4v) is 2.82. The molecule has 3 aromatic carbocycles. The van der Waals surface area contributed by atoms with Gasteiger partial charge >= 0.3 is 0 Å². The van der Waals surface area contributed by atoms with Crippen LogP contribution in [0.5, 0.6) is 0 Å². The molecule has 0 aromatic heterocycles. The third kappa shape index (κ3) is 3.81. The Kier molecular flexibility index (Phi) is 4.91. The van der Waals surface area contributed by atoms with E-state index in [9.17, 15) is 9.59 Å². The number of halogens is 1. The molecule has 24 heavy (non-hydrogen) atoms. The van der Waals surface area contributed by atoms with Crippen LogP contribution >= 0.6 is 15.9 Å². The second-order valence-corrected chi connectivity index (χ2v) is 6.18. The van der Waals surface area contributed by atoms with Crippen LogP contribution in [-0.2, 0) is 4.79 Å². The van der Waals surface area contributed by atoms with E-state index in [0.717, 1.165) is 20.9 Å². The van der Waals surface area contributed by atoms with E-state index in [-0.39, 0.29) is 18.4 Å². The number of rotatable bonds is 4. The molecule has 0 unspecified atom stereocenters. The van der Waals surface area contributed by atoms with Crippen LogP contribution in [0.4, 0.5) is 5.69 Å². The maximum absolute atomic E-state index is 12.1. The Morgan fingerprint density at radius 2 is 1.67 bits per heavy atom. The molecule has 3 aromatic rings. The fourth-order valence-electron chi connectivity index (χ4n) is 2.42. The first-order chi connectivity index (χ1) is 11.6. The molecule has 2 amide bonds. The lowest BCUT2D eigenvalue weighted by Gasteiger charge is -2.09. The van der Waals surface area contributed by atoms with Crippen molar-refractivity contribution in [3.05, 3.63) is 76.8 Å². The lowest BCUT2D eigenvalue weighted by atomic mass is 10.1. The molecule has 0 spiro atoms. The summed E-state index contributed by atoms with van der Waals surface area (Å²) < 4.78 is 0.815. The van der Waals surface area contributed by atoms with Gasteiger partial charge in [-0.25, -0.2) is 0 Å². The molecule has 0 radical (unpaired) electrons. The lowest BCUT2D eigenvalue weighted by Crippen LogP contribution is -2.32. The summed E-state index contributed by atoms with van der Waals surface area (Å²) in [5.41, 5.74) is 1.23. The second-order valence-electron chi connectivity index (χ2n) is 5.27. The third-order valence-corrected chi connectivity index (χ3v) is 4.05. The molecule has 0 atom stereocenters. The van der Waals surface area contributed by atoms with Crippen molar-refractivity contribution in [2.45, 2.75) is 0 Å². The summed E-state index contributed by atoms with van der Waals surface area (Å²) in [6.45, 7) is -0.0887. The normalized spacial score (nSPS) is 10.4. The number of carbonyl (C=O) groups excluding carboxylic acids is 2. The van der Waals surface area contributed by atoms with Gasteiger partial charge in [0.2, 0.25) is 5.91 Å². The number of hydrogen-bond donors (Lipinski definition) is 2. The van der Waals surface area contributed by atoms with Crippen molar-refractivity contribution in [1.82, 2.24) is 5.32 Å². The molecule has 0 fully saturated rings. The first-order valence-electron chi connectivity index (χ1n) is 7.45. The van der Waals surface area contributed by atoms with E-state index in [0.29, 0.717) is 5.56 Å². The van der Waals surface area contributed by atoms with E-state index in [1.807, 2.05) is 48.5 Å². The maximum Gasteiger partial charge on any atom is 0.251 e. The van der Waals surface area contributed by atoms with Gasteiger partial charge in [0.25, 0.3) is 5.91 Å². The van der Waals surface area contributed by atoms with Gasteiger partial charge in [0.05, 0.1) is 6.54 Å². The second kappa shape index (κ2) is 7.27. The zero-order valence-electron chi connectivity index (χ0n) is 12.8. The van der Waals surface area contributed by atoms with Crippen molar-refractivity contribution >= 4 is 44.2 Å². The Bertz CT molecular complexity index is 903. The monoisotopic (exact) mass is 382 g/mol. The molecule has 120 valence electrons. The maximum atomic E-state index is 12.1. The Morgan fingerprint density at radius 1 is 0.917 bits per heavy atom. The Morgan fingerprint density at radius 3 is 2.50 bits per heavy atom. The van der Waals surface area contributed by atoms with Gasteiger partial charge in [-0.1, -0.05) is 58.4 Å². The number of benzene rings is 3. The predicted octanol–water partition coefficient (Wildman–Crippen LogP) is 3.97. The highest BCUT2D eigenvalue weighted by Crippen LogP contribution is 2.22. The highest BCUT2D eigenvalue weighted by Gasteiger charge is 2.09. The van der Waals surface area contributed by atoms with Crippen LogP contribution < -0.4 is 10.6 Å². The summed E-state index contributed by atoms with van der Waals surface area (Å²) in [5, 5.41) is 7.48.